The van der Waals surface area contributed by atoms with Crippen molar-refractivity contribution in [3.63, 3.8) is 0 Å². The summed E-state index contributed by atoms with van der Waals surface area (Å²) in [6.45, 7) is 5.33. The lowest BCUT2D eigenvalue weighted by Crippen LogP contribution is -2.30. The van der Waals surface area contributed by atoms with Crippen molar-refractivity contribution in [2.24, 2.45) is 5.10 Å². The normalized spacial score (nSPS) is 11.6. The highest BCUT2D eigenvalue weighted by molar-refractivity contribution is 7.89. The van der Waals surface area contributed by atoms with E-state index in [0.29, 0.717) is 11.3 Å². The fourth-order valence-corrected chi connectivity index (χ4v) is 4.14. The van der Waals surface area contributed by atoms with Crippen LogP contribution in [0, 0.1) is 10.1 Å². The van der Waals surface area contributed by atoms with Crippen LogP contribution in [-0.4, -0.2) is 42.9 Å². The highest BCUT2D eigenvalue weighted by Crippen LogP contribution is 2.29. The molecule has 0 heterocycles. The van der Waals surface area contributed by atoms with Crippen LogP contribution in [0.25, 0.3) is 0 Å². The fourth-order valence-electron chi connectivity index (χ4n) is 2.66. The summed E-state index contributed by atoms with van der Waals surface area (Å²) in [5, 5.41) is 18.1. The maximum Gasteiger partial charge on any atom is 0.295 e. The van der Waals surface area contributed by atoms with Gasteiger partial charge in [-0.2, -0.15) is 9.41 Å². The van der Waals surface area contributed by atoms with Gasteiger partial charge < -0.3 is 5.32 Å². The number of carbonyl (C=O) groups excluding carboxylic acids is 1. The summed E-state index contributed by atoms with van der Waals surface area (Å²) in [5.74, 6) is -0.183. The first-order chi connectivity index (χ1) is 14.2. The van der Waals surface area contributed by atoms with Crippen molar-refractivity contribution >= 4 is 39.2 Å². The van der Waals surface area contributed by atoms with Gasteiger partial charge in [0.25, 0.3) is 5.69 Å². The predicted molar refractivity (Wildman–Crippen MR) is 115 cm³/mol. The van der Waals surface area contributed by atoms with Crippen molar-refractivity contribution < 1.29 is 18.1 Å². The number of amides is 1. The van der Waals surface area contributed by atoms with Gasteiger partial charge in [-0.3, -0.25) is 20.3 Å². The monoisotopic (exact) mass is 433 g/mol. The Labute approximate surface area is 174 Å². The molecule has 160 valence electrons. The number of nitro groups is 1. The second-order valence-electron chi connectivity index (χ2n) is 6.20. The molecule has 1 amide bonds. The zero-order valence-electron chi connectivity index (χ0n) is 16.8. The smallest absolute Gasteiger partial charge is 0.295 e. The lowest BCUT2D eigenvalue weighted by atomic mass is 10.2. The van der Waals surface area contributed by atoms with Crippen LogP contribution >= 0.6 is 0 Å². The van der Waals surface area contributed by atoms with E-state index in [1.165, 1.54) is 29.6 Å². The van der Waals surface area contributed by atoms with Gasteiger partial charge in [-0.25, -0.2) is 8.42 Å². The number of rotatable bonds is 9. The molecule has 0 radical (unpaired) electrons. The van der Waals surface area contributed by atoms with Crippen molar-refractivity contribution in [2.75, 3.05) is 23.8 Å². The van der Waals surface area contributed by atoms with Gasteiger partial charge >= 0.3 is 0 Å². The highest BCUT2D eigenvalue weighted by Gasteiger charge is 2.25. The Morgan fingerprint density at radius 2 is 1.80 bits per heavy atom. The molecule has 0 bridgehead atoms. The number of hydrogen-bond donors (Lipinski definition) is 2. The van der Waals surface area contributed by atoms with Gasteiger partial charge in [-0.1, -0.05) is 26.0 Å². The minimum absolute atomic E-state index is 0.0598. The zero-order valence-corrected chi connectivity index (χ0v) is 17.6. The number of nitro benzene ring substituents is 1. The Kier molecular flexibility index (Phi) is 7.61. The molecule has 0 aliphatic carbocycles. The third-order valence-corrected chi connectivity index (χ3v) is 6.18. The van der Waals surface area contributed by atoms with E-state index in [2.05, 4.69) is 15.8 Å². The lowest BCUT2D eigenvalue weighted by molar-refractivity contribution is -0.384. The van der Waals surface area contributed by atoms with E-state index in [9.17, 15) is 23.3 Å². The number of hydrogen-bond acceptors (Lipinski definition) is 7. The number of carbonyl (C=O) groups is 1. The van der Waals surface area contributed by atoms with E-state index in [1.54, 1.807) is 38.1 Å². The Bertz CT molecular complexity index is 1050. The summed E-state index contributed by atoms with van der Waals surface area (Å²) in [6.07, 6.45) is 1.45. The van der Waals surface area contributed by atoms with E-state index < -0.39 is 20.6 Å². The second kappa shape index (κ2) is 9.94. The molecule has 2 aromatic rings. The van der Waals surface area contributed by atoms with Crippen molar-refractivity contribution in [3.05, 3.63) is 58.1 Å². The summed E-state index contributed by atoms with van der Waals surface area (Å²) in [6, 6.07) is 10.4. The number of anilines is 2. The van der Waals surface area contributed by atoms with Gasteiger partial charge in [-0.15, -0.1) is 0 Å². The summed E-state index contributed by atoms with van der Waals surface area (Å²) < 4.78 is 26.4. The molecule has 0 fully saturated rings. The van der Waals surface area contributed by atoms with Crippen LogP contribution in [0.4, 0.5) is 17.1 Å². The van der Waals surface area contributed by atoms with Gasteiger partial charge in [0.2, 0.25) is 15.9 Å². The fraction of sp³-hybridized carbons (Fsp3) is 0.263. The van der Waals surface area contributed by atoms with E-state index in [4.69, 9.17) is 0 Å². The number of sulfonamides is 1. The van der Waals surface area contributed by atoms with Crippen molar-refractivity contribution in [2.45, 2.75) is 25.7 Å². The molecule has 0 saturated carbocycles. The molecule has 0 unspecified atom stereocenters. The molecule has 0 saturated heterocycles. The Balaban J connectivity index is 2.23. The molecule has 0 aromatic heterocycles. The van der Waals surface area contributed by atoms with Gasteiger partial charge in [0.1, 0.15) is 5.69 Å². The molecule has 11 heteroatoms. The first-order valence-electron chi connectivity index (χ1n) is 9.14. The number of benzene rings is 2. The minimum Gasteiger partial charge on any atom is -0.326 e. The van der Waals surface area contributed by atoms with Crippen LogP contribution in [0.3, 0.4) is 0 Å². The van der Waals surface area contributed by atoms with Crippen molar-refractivity contribution in [1.82, 2.24) is 4.31 Å². The second-order valence-corrected chi connectivity index (χ2v) is 8.14. The maximum absolute atomic E-state index is 12.6. The van der Waals surface area contributed by atoms with E-state index in [-0.39, 0.29) is 29.6 Å². The van der Waals surface area contributed by atoms with Gasteiger partial charge in [0.05, 0.1) is 16.0 Å². The largest absolute Gasteiger partial charge is 0.326 e. The van der Waals surface area contributed by atoms with E-state index in [0.717, 1.165) is 6.07 Å². The number of hydrazone groups is 1. The standard InChI is InChI=1S/C19H23N5O5S/c1-4-23(5-2)30(28,29)17-10-11-18(19(12-17)24(26)27)22-20-13-15-6-8-16(9-7-15)21-14(3)25/h6-13,22H,4-5H2,1-3H3,(H,21,25)/b20-13-. The summed E-state index contributed by atoms with van der Waals surface area (Å²) >= 11 is 0. The molecule has 0 aliphatic rings. The van der Waals surface area contributed by atoms with Crippen LogP contribution in [-0.2, 0) is 14.8 Å². The molecule has 0 spiro atoms. The lowest BCUT2D eigenvalue weighted by Gasteiger charge is -2.18. The third kappa shape index (κ3) is 5.61. The van der Waals surface area contributed by atoms with Crippen LogP contribution in [0.1, 0.15) is 26.3 Å². The molecule has 0 atom stereocenters. The first kappa shape index (κ1) is 23.0. The SMILES string of the molecule is CCN(CC)S(=O)(=O)c1ccc(N/N=C\c2ccc(NC(C)=O)cc2)c([N+](=O)[O-])c1. The molecular weight excluding hydrogens is 410 g/mol. The molecule has 30 heavy (non-hydrogen) atoms. The number of nitrogens with one attached hydrogen (secondary N) is 2. The highest BCUT2D eigenvalue weighted by atomic mass is 32.2. The van der Waals surface area contributed by atoms with E-state index >= 15 is 0 Å². The molecule has 2 aromatic carbocycles. The van der Waals surface area contributed by atoms with Crippen LogP contribution in [0.5, 0.6) is 0 Å². The quantitative estimate of drug-likeness (QED) is 0.355. The van der Waals surface area contributed by atoms with Gasteiger partial charge in [0, 0.05) is 31.8 Å². The van der Waals surface area contributed by atoms with Crippen LogP contribution < -0.4 is 10.7 Å². The Morgan fingerprint density at radius 1 is 1.17 bits per heavy atom. The summed E-state index contributed by atoms with van der Waals surface area (Å²) in [5.41, 5.74) is 3.56. The van der Waals surface area contributed by atoms with Crippen molar-refractivity contribution in [1.29, 1.82) is 0 Å². The average molecular weight is 433 g/mol. The average Bonchev–Trinajstić information content (AvgIpc) is 2.69. The van der Waals surface area contributed by atoms with Gasteiger partial charge in [-0.05, 0) is 29.8 Å². The Hall–Kier alpha value is -3.31. The number of nitrogens with zero attached hydrogens (tertiary/aromatic N) is 3. The summed E-state index contributed by atoms with van der Waals surface area (Å²) in [4.78, 5) is 21.7. The molecule has 2 N–H and O–H groups in total. The van der Waals surface area contributed by atoms with Crippen LogP contribution in [0.2, 0.25) is 0 Å². The van der Waals surface area contributed by atoms with Crippen LogP contribution in [0.15, 0.2) is 52.5 Å². The molecular formula is C19H23N5O5S. The summed E-state index contributed by atoms with van der Waals surface area (Å²) in [7, 11) is -3.82. The third-order valence-electron chi connectivity index (χ3n) is 4.14. The van der Waals surface area contributed by atoms with Gasteiger partial charge in [0.15, 0.2) is 0 Å². The van der Waals surface area contributed by atoms with Crippen molar-refractivity contribution in [3.8, 4) is 0 Å². The van der Waals surface area contributed by atoms with E-state index in [1.807, 2.05) is 0 Å². The zero-order chi connectivity index (χ0) is 22.3. The molecule has 2 rings (SSSR count). The maximum atomic E-state index is 12.6. The Morgan fingerprint density at radius 3 is 2.33 bits per heavy atom. The molecule has 0 aliphatic heterocycles. The molecule has 10 nitrogen and oxygen atoms in total. The first-order valence-corrected chi connectivity index (χ1v) is 10.6. The predicted octanol–water partition coefficient (Wildman–Crippen LogP) is 3.03. The minimum atomic E-state index is -3.82. The topological polar surface area (TPSA) is 134 Å².